The maximum absolute atomic E-state index is 12.8. The van der Waals surface area contributed by atoms with Crippen molar-refractivity contribution < 1.29 is 13.2 Å². The molecule has 1 aliphatic rings. The van der Waals surface area contributed by atoms with Gasteiger partial charge in [0.25, 0.3) is 10.0 Å². The van der Waals surface area contributed by atoms with Crippen LogP contribution in [0.15, 0.2) is 33.3 Å². The fraction of sp³-hybridized carbons (Fsp3) is 0.429. The summed E-state index contributed by atoms with van der Waals surface area (Å²) in [6, 6.07) is 3.04. The van der Waals surface area contributed by atoms with Crippen molar-refractivity contribution in [3.05, 3.63) is 29.1 Å². The van der Waals surface area contributed by atoms with Gasteiger partial charge in [0.1, 0.15) is 4.21 Å². The minimum atomic E-state index is -3.52. The van der Waals surface area contributed by atoms with E-state index in [-0.39, 0.29) is 18.4 Å². The normalized spacial score (nSPS) is 19.6. The molecule has 6 nitrogen and oxygen atoms in total. The Morgan fingerprint density at radius 2 is 2.22 bits per heavy atom. The molecule has 1 atom stereocenters. The lowest BCUT2D eigenvalue weighted by Crippen LogP contribution is -2.45. The summed E-state index contributed by atoms with van der Waals surface area (Å²) in [4.78, 5) is 16.2. The van der Waals surface area contributed by atoms with Crippen molar-refractivity contribution in [3.63, 3.8) is 0 Å². The smallest absolute Gasteiger partial charge is 0.252 e. The fourth-order valence-corrected chi connectivity index (χ4v) is 6.05. The molecule has 0 radical (unpaired) electrons. The maximum Gasteiger partial charge on any atom is 0.252 e. The number of nitrogens with one attached hydrogen (secondary N) is 1. The topological polar surface area (TPSA) is 79.4 Å². The molecule has 1 fully saturated rings. The molecule has 3 rings (SSSR count). The third-order valence-corrected chi connectivity index (χ3v) is 7.74. The molecule has 0 aliphatic carbocycles. The van der Waals surface area contributed by atoms with Crippen LogP contribution in [-0.2, 0) is 14.8 Å². The Labute approximate surface area is 143 Å². The van der Waals surface area contributed by atoms with Crippen LogP contribution in [0.1, 0.15) is 25.7 Å². The molecule has 3 heterocycles. The number of anilines is 1. The van der Waals surface area contributed by atoms with Gasteiger partial charge in [-0.25, -0.2) is 13.4 Å². The van der Waals surface area contributed by atoms with E-state index < -0.39 is 10.0 Å². The Kier molecular flexibility index (Phi) is 5.10. The zero-order valence-corrected chi connectivity index (χ0v) is 14.8. The summed E-state index contributed by atoms with van der Waals surface area (Å²) in [6.07, 6.45) is 4.25. The first-order chi connectivity index (χ1) is 11.1. The Hall–Kier alpha value is -1.29. The fourth-order valence-electron chi connectivity index (χ4n) is 2.69. The predicted molar refractivity (Wildman–Crippen MR) is 91.2 cm³/mol. The predicted octanol–water partition coefficient (Wildman–Crippen LogP) is 2.78. The minimum Gasteiger partial charge on any atom is -0.302 e. The standard InChI is InChI=1S/C14H17N3O3S3/c18-12(16-14-15-6-9-22-14)10-11-4-1-2-7-17(11)23(19,20)13-5-3-8-21-13/h3,5-6,8-9,11H,1-2,4,7,10H2,(H,15,16,18)/t11-/m0/s1. The molecule has 0 saturated carbocycles. The van der Waals surface area contributed by atoms with Gasteiger partial charge in [-0.1, -0.05) is 12.5 Å². The van der Waals surface area contributed by atoms with Crippen molar-refractivity contribution in [1.82, 2.24) is 9.29 Å². The van der Waals surface area contributed by atoms with E-state index in [0.29, 0.717) is 22.3 Å². The maximum atomic E-state index is 12.8. The van der Waals surface area contributed by atoms with Crippen LogP contribution in [-0.4, -0.2) is 36.2 Å². The van der Waals surface area contributed by atoms with Gasteiger partial charge in [-0.05, 0) is 24.3 Å². The summed E-state index contributed by atoms with van der Waals surface area (Å²) in [5, 5.41) is 6.80. The molecule has 124 valence electrons. The van der Waals surface area contributed by atoms with Crippen molar-refractivity contribution in [2.45, 2.75) is 35.9 Å². The molecule has 1 saturated heterocycles. The highest BCUT2D eigenvalue weighted by atomic mass is 32.2. The lowest BCUT2D eigenvalue weighted by molar-refractivity contribution is -0.117. The number of rotatable bonds is 5. The summed E-state index contributed by atoms with van der Waals surface area (Å²) in [5.41, 5.74) is 0. The number of aromatic nitrogens is 1. The van der Waals surface area contributed by atoms with Gasteiger partial charge in [0, 0.05) is 30.6 Å². The number of carbonyl (C=O) groups is 1. The lowest BCUT2D eigenvalue weighted by atomic mass is 10.0. The van der Waals surface area contributed by atoms with Gasteiger partial charge in [0.2, 0.25) is 5.91 Å². The van der Waals surface area contributed by atoms with Crippen LogP contribution in [0.5, 0.6) is 0 Å². The number of hydrogen-bond donors (Lipinski definition) is 1. The molecule has 2 aromatic rings. The van der Waals surface area contributed by atoms with Crippen LogP contribution in [0, 0.1) is 0 Å². The number of carbonyl (C=O) groups excluding carboxylic acids is 1. The second-order valence-electron chi connectivity index (χ2n) is 5.29. The first-order valence-electron chi connectivity index (χ1n) is 7.32. The molecule has 1 aliphatic heterocycles. The highest BCUT2D eigenvalue weighted by Gasteiger charge is 2.35. The first kappa shape index (κ1) is 16.6. The highest BCUT2D eigenvalue weighted by molar-refractivity contribution is 7.91. The zero-order chi connectivity index (χ0) is 16.3. The second-order valence-corrected chi connectivity index (χ2v) is 9.25. The number of thiazole rings is 1. The number of amides is 1. The van der Waals surface area contributed by atoms with Gasteiger partial charge in [0.15, 0.2) is 5.13 Å². The molecule has 23 heavy (non-hydrogen) atoms. The molecule has 0 aromatic carbocycles. The van der Waals surface area contributed by atoms with Crippen molar-refractivity contribution in [1.29, 1.82) is 0 Å². The van der Waals surface area contributed by atoms with Crippen LogP contribution < -0.4 is 5.32 Å². The van der Waals surface area contributed by atoms with Crippen LogP contribution in [0.3, 0.4) is 0 Å². The van der Waals surface area contributed by atoms with E-state index in [2.05, 4.69) is 10.3 Å². The monoisotopic (exact) mass is 371 g/mol. The lowest BCUT2D eigenvalue weighted by Gasteiger charge is -2.33. The average Bonchev–Trinajstić information content (AvgIpc) is 3.21. The van der Waals surface area contributed by atoms with Crippen LogP contribution in [0.25, 0.3) is 0 Å². The number of hydrogen-bond acceptors (Lipinski definition) is 6. The van der Waals surface area contributed by atoms with Gasteiger partial charge in [0.05, 0.1) is 0 Å². The van der Waals surface area contributed by atoms with Crippen LogP contribution in [0.4, 0.5) is 5.13 Å². The van der Waals surface area contributed by atoms with Gasteiger partial charge in [-0.3, -0.25) is 4.79 Å². The molecule has 1 N–H and O–H groups in total. The summed E-state index contributed by atoms with van der Waals surface area (Å²) in [6.45, 7) is 0.468. The molecule has 0 spiro atoms. The summed E-state index contributed by atoms with van der Waals surface area (Å²) >= 11 is 2.55. The molecule has 0 bridgehead atoms. The summed E-state index contributed by atoms with van der Waals surface area (Å²) in [5.74, 6) is -0.196. The molecule has 0 unspecified atom stereocenters. The highest BCUT2D eigenvalue weighted by Crippen LogP contribution is 2.29. The second kappa shape index (κ2) is 7.08. The van der Waals surface area contributed by atoms with Crippen LogP contribution in [0.2, 0.25) is 0 Å². The molecular weight excluding hydrogens is 354 g/mol. The Morgan fingerprint density at radius 3 is 2.91 bits per heavy atom. The summed E-state index contributed by atoms with van der Waals surface area (Å²) in [7, 11) is -3.52. The Balaban J connectivity index is 1.73. The SMILES string of the molecule is O=C(C[C@@H]1CCCCN1S(=O)(=O)c1cccs1)Nc1nccs1. The Bertz CT molecular complexity index is 742. The van der Waals surface area contributed by atoms with E-state index in [1.165, 1.54) is 27.0 Å². The number of sulfonamides is 1. The first-order valence-corrected chi connectivity index (χ1v) is 10.5. The van der Waals surface area contributed by atoms with E-state index in [9.17, 15) is 13.2 Å². The van der Waals surface area contributed by atoms with Crippen molar-refractivity contribution in [2.75, 3.05) is 11.9 Å². The Morgan fingerprint density at radius 1 is 1.35 bits per heavy atom. The number of piperidine rings is 1. The third kappa shape index (κ3) is 3.79. The quantitative estimate of drug-likeness (QED) is 0.876. The van der Waals surface area contributed by atoms with Crippen LogP contribution >= 0.6 is 22.7 Å². The number of thiophene rings is 1. The zero-order valence-electron chi connectivity index (χ0n) is 12.3. The average molecular weight is 372 g/mol. The molecule has 9 heteroatoms. The van der Waals surface area contributed by atoms with E-state index in [1.807, 2.05) is 0 Å². The van der Waals surface area contributed by atoms with Crippen molar-refractivity contribution in [2.24, 2.45) is 0 Å². The van der Waals surface area contributed by atoms with Gasteiger partial charge < -0.3 is 5.32 Å². The van der Waals surface area contributed by atoms with Gasteiger partial charge in [-0.2, -0.15) is 4.31 Å². The van der Waals surface area contributed by atoms with E-state index in [1.54, 1.807) is 29.1 Å². The van der Waals surface area contributed by atoms with E-state index in [0.717, 1.165) is 12.8 Å². The number of nitrogens with zero attached hydrogens (tertiary/aromatic N) is 2. The molecule has 1 amide bonds. The summed E-state index contributed by atoms with van der Waals surface area (Å²) < 4.78 is 27.3. The van der Waals surface area contributed by atoms with Crippen molar-refractivity contribution in [3.8, 4) is 0 Å². The van der Waals surface area contributed by atoms with Crippen molar-refractivity contribution >= 4 is 43.7 Å². The molecule has 2 aromatic heterocycles. The third-order valence-electron chi connectivity index (χ3n) is 3.73. The van der Waals surface area contributed by atoms with E-state index >= 15 is 0 Å². The van der Waals surface area contributed by atoms with Gasteiger partial charge in [-0.15, -0.1) is 22.7 Å². The molecular formula is C14H17N3O3S3. The van der Waals surface area contributed by atoms with E-state index in [4.69, 9.17) is 0 Å². The minimum absolute atomic E-state index is 0.157. The van der Waals surface area contributed by atoms with Gasteiger partial charge >= 0.3 is 0 Å². The largest absolute Gasteiger partial charge is 0.302 e.